The maximum atomic E-state index is 14.2. The first-order valence-corrected chi connectivity index (χ1v) is 7.31. The fourth-order valence-electron chi connectivity index (χ4n) is 2.93. The van der Waals surface area contributed by atoms with E-state index in [9.17, 15) is 9.60 Å². The summed E-state index contributed by atoms with van der Waals surface area (Å²) in [7, 11) is 0. The highest BCUT2D eigenvalue weighted by atomic mass is 19.1. The van der Waals surface area contributed by atoms with E-state index in [4.69, 9.17) is 4.74 Å². The van der Waals surface area contributed by atoms with Gasteiger partial charge >= 0.3 is 0 Å². The number of anilines is 1. The van der Waals surface area contributed by atoms with Crippen LogP contribution in [0, 0.1) is 17.9 Å². The first kappa shape index (κ1) is 14.0. The summed E-state index contributed by atoms with van der Waals surface area (Å²) in [6, 6.07) is 4.73. The van der Waals surface area contributed by atoms with Gasteiger partial charge in [-0.25, -0.2) is 14.4 Å². The molecule has 0 saturated heterocycles. The van der Waals surface area contributed by atoms with E-state index < -0.39 is 5.82 Å². The van der Waals surface area contributed by atoms with E-state index >= 15 is 0 Å². The highest BCUT2D eigenvalue weighted by molar-refractivity contribution is 5.56. The summed E-state index contributed by atoms with van der Waals surface area (Å²) in [5.74, 6) is 0.433. The first-order valence-electron chi connectivity index (χ1n) is 7.31. The molecule has 2 aromatic heterocycles. The van der Waals surface area contributed by atoms with E-state index in [2.05, 4.69) is 9.97 Å². The number of aromatic nitrogens is 3. The smallest absolute Gasteiger partial charge is 0.200 e. The minimum Gasteiger partial charge on any atom is -0.756 e. The highest BCUT2D eigenvalue weighted by Gasteiger charge is 2.20. The number of ether oxygens (including phenoxy) is 1. The van der Waals surface area contributed by atoms with Gasteiger partial charge in [-0.3, -0.25) is 4.40 Å². The number of nitrogens with zero attached hydrogens (tertiary/aromatic N) is 4. The lowest BCUT2D eigenvalue weighted by atomic mass is 10.0. The number of halogens is 1. The quantitative estimate of drug-likeness (QED) is 0.695. The molecule has 7 heteroatoms. The molecule has 0 saturated carbocycles. The van der Waals surface area contributed by atoms with Crippen molar-refractivity contribution in [3.63, 3.8) is 0 Å². The van der Waals surface area contributed by atoms with Crippen LogP contribution in [0.15, 0.2) is 30.7 Å². The largest absolute Gasteiger partial charge is 0.756 e. The Kier molecular flexibility index (Phi) is 3.16. The zero-order valence-corrected chi connectivity index (χ0v) is 12.5. The number of rotatable bonds is 3. The molecule has 1 aliphatic rings. The van der Waals surface area contributed by atoms with E-state index in [1.165, 1.54) is 6.07 Å². The fraction of sp³-hybridized carbons (Fsp3) is 0.250. The molecule has 0 N–H and O–H groups in total. The SMILES string of the molecule is Cc1ncn2c(N([O-])Cc3c(F)ccc4c3CCO4)nccc12. The highest BCUT2D eigenvalue weighted by Crippen LogP contribution is 2.31. The minimum atomic E-state index is -0.399. The zero-order chi connectivity index (χ0) is 16.0. The summed E-state index contributed by atoms with van der Waals surface area (Å²) in [4.78, 5) is 8.31. The van der Waals surface area contributed by atoms with Crippen molar-refractivity contribution in [2.24, 2.45) is 0 Å². The Balaban J connectivity index is 1.73. The zero-order valence-electron chi connectivity index (χ0n) is 12.5. The van der Waals surface area contributed by atoms with Crippen molar-refractivity contribution in [1.82, 2.24) is 14.4 Å². The molecule has 0 amide bonds. The number of hydrogen-bond acceptors (Lipinski definition) is 5. The second kappa shape index (κ2) is 5.20. The van der Waals surface area contributed by atoms with Gasteiger partial charge in [-0.2, -0.15) is 0 Å². The normalized spacial score (nSPS) is 13.2. The third-order valence-electron chi connectivity index (χ3n) is 4.10. The van der Waals surface area contributed by atoms with Gasteiger partial charge < -0.3 is 15.0 Å². The van der Waals surface area contributed by atoms with Crippen LogP contribution in [-0.2, 0) is 13.0 Å². The van der Waals surface area contributed by atoms with Gasteiger partial charge in [0.15, 0.2) is 0 Å². The molecule has 0 unspecified atom stereocenters. The number of hydroxylamine groups is 1. The van der Waals surface area contributed by atoms with Gasteiger partial charge in [0, 0.05) is 30.3 Å². The Bertz CT molecular complexity index is 893. The monoisotopic (exact) mass is 313 g/mol. The summed E-state index contributed by atoms with van der Waals surface area (Å²) in [5, 5.41) is 13.3. The van der Waals surface area contributed by atoms with Gasteiger partial charge in [0.25, 0.3) is 0 Å². The van der Waals surface area contributed by atoms with Crippen LogP contribution in [-0.4, -0.2) is 21.0 Å². The number of hydrogen-bond donors (Lipinski definition) is 0. The van der Waals surface area contributed by atoms with Gasteiger partial charge in [-0.1, -0.05) is 0 Å². The summed E-state index contributed by atoms with van der Waals surface area (Å²) >= 11 is 0. The first-order chi connectivity index (χ1) is 11.1. The second-order valence-corrected chi connectivity index (χ2v) is 5.47. The van der Waals surface area contributed by atoms with Crippen molar-refractivity contribution in [3.8, 4) is 5.75 Å². The average molecular weight is 313 g/mol. The Morgan fingerprint density at radius 1 is 1.35 bits per heavy atom. The maximum Gasteiger partial charge on any atom is 0.200 e. The average Bonchev–Trinajstić information content (AvgIpc) is 3.17. The van der Waals surface area contributed by atoms with Crippen molar-refractivity contribution < 1.29 is 9.13 Å². The molecule has 0 atom stereocenters. The third kappa shape index (κ3) is 2.20. The molecular formula is C16H14FN4O2-. The Labute approximate surface area is 131 Å². The standard InChI is InChI=1S/C16H14FN4O2/c1-10-14-4-6-18-16(20(14)9-19-10)21(22)8-12-11-5-7-23-15(11)3-2-13(12)17/h2-4,6,9H,5,7-8H2,1H3/q-1. The summed E-state index contributed by atoms with van der Waals surface area (Å²) in [6.45, 7) is 2.25. The van der Waals surface area contributed by atoms with Crippen LogP contribution in [0.25, 0.3) is 5.52 Å². The fourth-order valence-corrected chi connectivity index (χ4v) is 2.93. The number of benzene rings is 1. The molecule has 4 rings (SSSR count). The van der Waals surface area contributed by atoms with Crippen LogP contribution in [0.2, 0.25) is 0 Å². The Hall–Kier alpha value is -2.67. The lowest BCUT2D eigenvalue weighted by Gasteiger charge is -2.30. The van der Waals surface area contributed by atoms with Gasteiger partial charge in [-0.15, -0.1) is 0 Å². The molecule has 0 bridgehead atoms. The molecule has 0 aliphatic carbocycles. The van der Waals surface area contributed by atoms with Crippen LogP contribution in [0.3, 0.4) is 0 Å². The van der Waals surface area contributed by atoms with Crippen LogP contribution >= 0.6 is 0 Å². The van der Waals surface area contributed by atoms with E-state index in [0.29, 0.717) is 29.4 Å². The predicted molar refractivity (Wildman–Crippen MR) is 82.9 cm³/mol. The lowest BCUT2D eigenvalue weighted by molar-refractivity contribution is 0.356. The molecular weight excluding hydrogens is 299 g/mol. The maximum absolute atomic E-state index is 14.2. The predicted octanol–water partition coefficient (Wildman–Crippen LogP) is 2.62. The molecule has 0 fully saturated rings. The lowest BCUT2D eigenvalue weighted by Crippen LogP contribution is -2.20. The second-order valence-electron chi connectivity index (χ2n) is 5.47. The molecule has 118 valence electrons. The van der Waals surface area contributed by atoms with Gasteiger partial charge in [0.2, 0.25) is 5.95 Å². The Morgan fingerprint density at radius 2 is 2.22 bits per heavy atom. The van der Waals surface area contributed by atoms with Crippen molar-refractivity contribution in [1.29, 1.82) is 0 Å². The molecule has 3 heterocycles. The van der Waals surface area contributed by atoms with Gasteiger partial charge in [0.1, 0.15) is 17.9 Å². The van der Waals surface area contributed by atoms with Crippen molar-refractivity contribution in [2.45, 2.75) is 19.9 Å². The molecule has 1 aliphatic heterocycles. The number of aryl methyl sites for hydroxylation is 1. The molecule has 0 spiro atoms. The minimum absolute atomic E-state index is 0.123. The summed E-state index contributed by atoms with van der Waals surface area (Å²) in [6.07, 6.45) is 3.71. The summed E-state index contributed by atoms with van der Waals surface area (Å²) < 4.78 is 21.2. The van der Waals surface area contributed by atoms with Crippen molar-refractivity contribution in [3.05, 3.63) is 58.6 Å². The number of imidazole rings is 1. The molecule has 6 nitrogen and oxygen atoms in total. The Morgan fingerprint density at radius 3 is 3.09 bits per heavy atom. The van der Waals surface area contributed by atoms with E-state index in [0.717, 1.165) is 16.8 Å². The molecule has 1 aromatic carbocycles. The topological polar surface area (TPSA) is 65.7 Å². The van der Waals surface area contributed by atoms with Crippen LogP contribution in [0.5, 0.6) is 5.75 Å². The van der Waals surface area contributed by atoms with Crippen molar-refractivity contribution in [2.75, 3.05) is 11.7 Å². The van der Waals surface area contributed by atoms with E-state index in [-0.39, 0.29) is 12.5 Å². The number of fused-ring (bicyclic) bond motifs is 2. The van der Waals surface area contributed by atoms with Crippen LogP contribution < -0.4 is 9.80 Å². The van der Waals surface area contributed by atoms with E-state index in [1.54, 1.807) is 29.1 Å². The van der Waals surface area contributed by atoms with Crippen LogP contribution in [0.1, 0.15) is 16.8 Å². The summed E-state index contributed by atoms with van der Waals surface area (Å²) in [5.41, 5.74) is 2.74. The van der Waals surface area contributed by atoms with E-state index in [1.807, 2.05) is 6.92 Å². The van der Waals surface area contributed by atoms with Crippen LogP contribution in [0.4, 0.5) is 10.3 Å². The van der Waals surface area contributed by atoms with Gasteiger partial charge in [0.05, 0.1) is 17.8 Å². The third-order valence-corrected chi connectivity index (χ3v) is 4.10. The van der Waals surface area contributed by atoms with Gasteiger partial charge in [-0.05, 0) is 25.1 Å². The van der Waals surface area contributed by atoms with Crippen molar-refractivity contribution >= 4 is 11.5 Å². The molecule has 0 radical (unpaired) electrons. The molecule has 23 heavy (non-hydrogen) atoms. The molecule has 3 aromatic rings.